The van der Waals surface area contributed by atoms with Crippen LogP contribution in [0.5, 0.6) is 0 Å². The number of nitrogens with zero attached hydrogens (tertiary/aromatic N) is 3. The van der Waals surface area contributed by atoms with Crippen molar-refractivity contribution >= 4 is 17.5 Å². The molecule has 1 aromatic rings. The summed E-state index contributed by atoms with van der Waals surface area (Å²) in [6.07, 6.45) is 1.21. The van der Waals surface area contributed by atoms with Gasteiger partial charge in [-0.05, 0) is 0 Å². The molecule has 3 rings (SSSR count). The molecule has 2 aliphatic heterocycles. The van der Waals surface area contributed by atoms with E-state index in [0.29, 0.717) is 26.2 Å². The highest BCUT2D eigenvalue weighted by Crippen LogP contribution is 2.16. The molecule has 0 aliphatic carbocycles. The third-order valence-electron chi connectivity index (χ3n) is 3.86. The second kappa shape index (κ2) is 5.17. The number of nitrogens with one attached hydrogen (secondary N) is 2. The smallest absolute Gasteiger partial charge is 0.317 e. The molecule has 9 heteroatoms. The lowest BCUT2D eigenvalue weighted by Crippen LogP contribution is -2.53. The van der Waals surface area contributed by atoms with Gasteiger partial charge in [-0.1, -0.05) is 0 Å². The van der Waals surface area contributed by atoms with Crippen LogP contribution in [0.1, 0.15) is 10.5 Å². The Hall–Kier alpha value is -2.42. The minimum atomic E-state index is -0.540. The van der Waals surface area contributed by atoms with Crippen molar-refractivity contribution in [1.82, 2.24) is 20.1 Å². The Morgan fingerprint density at radius 2 is 2.29 bits per heavy atom. The third kappa shape index (κ3) is 2.59. The van der Waals surface area contributed by atoms with Crippen LogP contribution in [0.3, 0.4) is 0 Å². The number of aromatic nitrogens is 1. The maximum absolute atomic E-state index is 12.1. The zero-order chi connectivity index (χ0) is 15.0. The predicted octanol–water partition coefficient (Wildman–Crippen LogP) is -0.185. The molecule has 0 bridgehead atoms. The molecular weight excluding hydrogens is 278 g/mol. The normalized spacial score (nSPS) is 22.0. The number of piperazine rings is 1. The van der Waals surface area contributed by atoms with E-state index in [9.17, 15) is 19.7 Å². The Morgan fingerprint density at radius 1 is 1.48 bits per heavy atom. The summed E-state index contributed by atoms with van der Waals surface area (Å²) in [7, 11) is 0. The molecule has 0 saturated carbocycles. The number of ketones is 1. The van der Waals surface area contributed by atoms with Crippen LogP contribution in [-0.2, 0) is 0 Å². The van der Waals surface area contributed by atoms with Gasteiger partial charge in [0.25, 0.3) is 5.69 Å². The van der Waals surface area contributed by atoms with Gasteiger partial charge in [0.1, 0.15) is 0 Å². The Morgan fingerprint density at radius 3 is 3.00 bits per heavy atom. The van der Waals surface area contributed by atoms with Gasteiger partial charge in [0.15, 0.2) is 5.78 Å². The lowest BCUT2D eigenvalue weighted by molar-refractivity contribution is -0.384. The standard InChI is InChI=1S/C12H15N5O4/c18-11(10-3-8(4-13-10)17(20)21)7-15-1-2-16-9(6-15)5-14-12(16)19/h3-4,9,13H,1-2,5-7H2,(H,14,19). The quantitative estimate of drug-likeness (QED) is 0.454. The largest absolute Gasteiger partial charge is 0.353 e. The van der Waals surface area contributed by atoms with Crippen molar-refractivity contribution in [2.45, 2.75) is 6.04 Å². The fourth-order valence-corrected chi connectivity index (χ4v) is 2.75. The molecular formula is C12H15N5O4. The third-order valence-corrected chi connectivity index (χ3v) is 3.86. The molecule has 21 heavy (non-hydrogen) atoms. The van der Waals surface area contributed by atoms with E-state index < -0.39 is 4.92 Å². The average molecular weight is 293 g/mol. The number of rotatable bonds is 4. The van der Waals surface area contributed by atoms with Gasteiger partial charge < -0.3 is 15.2 Å². The summed E-state index contributed by atoms with van der Waals surface area (Å²) >= 11 is 0. The first-order valence-corrected chi connectivity index (χ1v) is 6.67. The molecule has 2 amide bonds. The van der Waals surface area contributed by atoms with Gasteiger partial charge in [-0.2, -0.15) is 0 Å². The molecule has 9 nitrogen and oxygen atoms in total. The Labute approximate surface area is 120 Å². The SMILES string of the molecule is O=C(CN1CCN2C(=O)NCC2C1)c1cc([N+](=O)[O-])c[nH]1. The zero-order valence-corrected chi connectivity index (χ0v) is 11.2. The average Bonchev–Trinajstić information content (AvgIpc) is 3.06. The van der Waals surface area contributed by atoms with Gasteiger partial charge in [0, 0.05) is 32.2 Å². The van der Waals surface area contributed by atoms with Crippen molar-refractivity contribution in [2.24, 2.45) is 0 Å². The summed E-state index contributed by atoms with van der Waals surface area (Å²) in [5.74, 6) is -0.186. The maximum atomic E-state index is 12.1. The van der Waals surface area contributed by atoms with Crippen molar-refractivity contribution in [3.8, 4) is 0 Å². The summed E-state index contributed by atoms with van der Waals surface area (Å²) in [4.78, 5) is 40.0. The molecule has 1 unspecified atom stereocenters. The summed E-state index contributed by atoms with van der Waals surface area (Å²) in [5, 5.41) is 13.4. The molecule has 1 aromatic heterocycles. The summed E-state index contributed by atoms with van der Waals surface area (Å²) in [6.45, 7) is 2.63. The second-order valence-electron chi connectivity index (χ2n) is 5.22. The lowest BCUT2D eigenvalue weighted by Gasteiger charge is -2.35. The van der Waals surface area contributed by atoms with Crippen LogP contribution in [0, 0.1) is 10.1 Å². The minimum Gasteiger partial charge on any atom is -0.353 e. The van der Waals surface area contributed by atoms with Crippen LogP contribution in [0.15, 0.2) is 12.3 Å². The lowest BCUT2D eigenvalue weighted by atomic mass is 10.1. The fourth-order valence-electron chi connectivity index (χ4n) is 2.75. The molecule has 2 fully saturated rings. The van der Waals surface area contributed by atoms with Crippen molar-refractivity contribution in [1.29, 1.82) is 0 Å². The molecule has 112 valence electrons. The minimum absolute atomic E-state index is 0.0500. The number of nitro groups is 1. The number of urea groups is 1. The Bertz CT molecular complexity index is 598. The van der Waals surface area contributed by atoms with Crippen molar-refractivity contribution in [3.05, 3.63) is 28.1 Å². The monoisotopic (exact) mass is 293 g/mol. The number of aromatic amines is 1. The number of carbonyl (C=O) groups excluding carboxylic acids is 2. The van der Waals surface area contributed by atoms with Crippen molar-refractivity contribution in [2.75, 3.05) is 32.7 Å². The summed E-state index contributed by atoms with van der Waals surface area (Å²) in [5.41, 5.74) is 0.124. The number of hydrogen-bond acceptors (Lipinski definition) is 5. The van der Waals surface area contributed by atoms with Gasteiger partial charge >= 0.3 is 6.03 Å². The zero-order valence-electron chi connectivity index (χ0n) is 11.2. The predicted molar refractivity (Wildman–Crippen MR) is 72.1 cm³/mol. The first-order valence-electron chi connectivity index (χ1n) is 6.67. The van der Waals surface area contributed by atoms with E-state index in [1.807, 2.05) is 4.90 Å². The molecule has 0 aromatic carbocycles. The molecule has 2 saturated heterocycles. The van der Waals surface area contributed by atoms with Crippen molar-refractivity contribution < 1.29 is 14.5 Å². The highest BCUT2D eigenvalue weighted by Gasteiger charge is 2.35. The van der Waals surface area contributed by atoms with E-state index in [2.05, 4.69) is 10.3 Å². The number of hydrogen-bond donors (Lipinski definition) is 2. The molecule has 0 radical (unpaired) electrons. The maximum Gasteiger partial charge on any atom is 0.317 e. The van der Waals surface area contributed by atoms with Gasteiger partial charge in [-0.15, -0.1) is 0 Å². The molecule has 2 aliphatic rings. The molecule has 2 N–H and O–H groups in total. The molecule has 3 heterocycles. The van der Waals surface area contributed by atoms with Gasteiger partial charge in [0.05, 0.1) is 29.4 Å². The van der Waals surface area contributed by atoms with Crippen LogP contribution < -0.4 is 5.32 Å². The molecule has 1 atom stereocenters. The van der Waals surface area contributed by atoms with Crippen molar-refractivity contribution in [3.63, 3.8) is 0 Å². The van der Waals surface area contributed by atoms with E-state index in [-0.39, 0.29) is 35.8 Å². The second-order valence-corrected chi connectivity index (χ2v) is 5.22. The van der Waals surface area contributed by atoms with Crippen LogP contribution in [0.25, 0.3) is 0 Å². The number of Topliss-reactive ketones (excluding diaryl/α,β-unsaturated/α-hetero) is 1. The van der Waals surface area contributed by atoms with Gasteiger partial charge in [-0.3, -0.25) is 19.8 Å². The number of amides is 2. The Kier molecular flexibility index (Phi) is 3.34. The number of fused-ring (bicyclic) bond motifs is 1. The highest BCUT2D eigenvalue weighted by molar-refractivity contribution is 5.96. The number of H-pyrrole nitrogens is 1. The Balaban J connectivity index is 1.60. The van der Waals surface area contributed by atoms with E-state index in [4.69, 9.17) is 0 Å². The van der Waals surface area contributed by atoms with E-state index in [1.165, 1.54) is 12.3 Å². The van der Waals surface area contributed by atoms with Gasteiger partial charge in [-0.25, -0.2) is 4.79 Å². The summed E-state index contributed by atoms with van der Waals surface area (Å²) in [6, 6.07) is 1.29. The van der Waals surface area contributed by atoms with Crippen LogP contribution in [0.2, 0.25) is 0 Å². The van der Waals surface area contributed by atoms with E-state index in [1.54, 1.807) is 4.90 Å². The topological polar surface area (TPSA) is 112 Å². The molecule has 0 spiro atoms. The van der Waals surface area contributed by atoms with E-state index >= 15 is 0 Å². The first-order chi connectivity index (χ1) is 10.0. The van der Waals surface area contributed by atoms with Crippen LogP contribution in [0.4, 0.5) is 10.5 Å². The highest BCUT2D eigenvalue weighted by atomic mass is 16.6. The number of carbonyl (C=O) groups is 2. The fraction of sp³-hybridized carbons (Fsp3) is 0.500. The summed E-state index contributed by atoms with van der Waals surface area (Å²) < 4.78 is 0. The van der Waals surface area contributed by atoms with E-state index in [0.717, 1.165) is 0 Å². The first kappa shape index (κ1) is 13.6. The van der Waals surface area contributed by atoms with Crippen LogP contribution >= 0.6 is 0 Å². The van der Waals surface area contributed by atoms with Crippen LogP contribution in [-0.4, -0.2) is 70.3 Å². The van der Waals surface area contributed by atoms with Gasteiger partial charge in [0.2, 0.25) is 0 Å².